The summed E-state index contributed by atoms with van der Waals surface area (Å²) in [6, 6.07) is -0.136. The maximum absolute atomic E-state index is 11.9. The highest BCUT2D eigenvalue weighted by molar-refractivity contribution is 5.77. The van der Waals surface area contributed by atoms with E-state index in [1.165, 1.54) is 32.8 Å². The first-order chi connectivity index (χ1) is 8.58. The number of carbonyl (C=O) groups is 2. The van der Waals surface area contributed by atoms with Gasteiger partial charge in [0.25, 0.3) is 0 Å². The lowest BCUT2D eigenvalue weighted by molar-refractivity contribution is -0.141. The number of ether oxygens (including phenoxy) is 1. The van der Waals surface area contributed by atoms with Crippen LogP contribution in [0.5, 0.6) is 0 Å². The molecule has 2 aliphatic rings. The summed E-state index contributed by atoms with van der Waals surface area (Å²) in [6.45, 7) is 1.84. The van der Waals surface area contributed by atoms with Gasteiger partial charge in [-0.3, -0.25) is 9.59 Å². The Bertz CT molecular complexity index is 329. The summed E-state index contributed by atoms with van der Waals surface area (Å²) in [5.74, 6) is 2.04. The molecule has 2 fully saturated rings. The Morgan fingerprint density at radius 1 is 1.33 bits per heavy atom. The minimum atomic E-state index is -0.275. The molecule has 0 aromatic heterocycles. The zero-order valence-electron chi connectivity index (χ0n) is 11.3. The van der Waals surface area contributed by atoms with Crippen molar-refractivity contribution >= 4 is 11.9 Å². The molecular weight excluding hydrogens is 230 g/mol. The Kier molecular flexibility index (Phi) is 4.25. The highest BCUT2D eigenvalue weighted by Gasteiger charge is 2.40. The smallest absolute Gasteiger partial charge is 0.307 e. The van der Waals surface area contributed by atoms with Gasteiger partial charge >= 0.3 is 5.97 Å². The molecule has 18 heavy (non-hydrogen) atoms. The Balaban J connectivity index is 1.70. The first-order valence-corrected chi connectivity index (χ1v) is 6.94. The van der Waals surface area contributed by atoms with E-state index >= 15 is 0 Å². The predicted octanol–water partition coefficient (Wildman–Crippen LogP) is 1.88. The van der Waals surface area contributed by atoms with Crippen LogP contribution in [-0.2, 0) is 14.3 Å². The van der Waals surface area contributed by atoms with Crippen molar-refractivity contribution in [2.75, 3.05) is 7.11 Å². The minimum Gasteiger partial charge on any atom is -0.469 e. The van der Waals surface area contributed by atoms with Crippen molar-refractivity contribution < 1.29 is 14.3 Å². The minimum absolute atomic E-state index is 0.0870. The van der Waals surface area contributed by atoms with E-state index in [-0.39, 0.29) is 24.3 Å². The van der Waals surface area contributed by atoms with Crippen molar-refractivity contribution in [1.82, 2.24) is 5.32 Å². The first-order valence-electron chi connectivity index (χ1n) is 6.94. The van der Waals surface area contributed by atoms with Crippen LogP contribution in [0.3, 0.4) is 0 Å². The van der Waals surface area contributed by atoms with Crippen molar-refractivity contribution in [2.45, 2.75) is 51.5 Å². The fourth-order valence-electron chi connectivity index (χ4n) is 3.58. The highest BCUT2D eigenvalue weighted by atomic mass is 16.5. The molecule has 4 nitrogen and oxygen atoms in total. The number of carbonyl (C=O) groups excluding carboxylic acids is 2. The molecule has 0 aromatic rings. The van der Waals surface area contributed by atoms with E-state index in [1.54, 1.807) is 0 Å². The van der Waals surface area contributed by atoms with Gasteiger partial charge in [0, 0.05) is 12.5 Å². The molecule has 0 spiro atoms. The molecule has 4 heteroatoms. The lowest BCUT2D eigenvalue weighted by atomic mass is 9.86. The molecule has 0 heterocycles. The van der Waals surface area contributed by atoms with E-state index in [9.17, 15) is 9.59 Å². The molecule has 0 aromatic carbocycles. The van der Waals surface area contributed by atoms with Crippen LogP contribution >= 0.6 is 0 Å². The van der Waals surface area contributed by atoms with Gasteiger partial charge in [-0.15, -0.1) is 0 Å². The third-order valence-corrected chi connectivity index (χ3v) is 4.44. The van der Waals surface area contributed by atoms with Gasteiger partial charge in [0.05, 0.1) is 13.5 Å². The molecule has 0 saturated heterocycles. The molecule has 4 atom stereocenters. The van der Waals surface area contributed by atoms with Gasteiger partial charge in [0.2, 0.25) is 5.91 Å². The Labute approximate surface area is 108 Å². The number of fused-ring (bicyclic) bond motifs is 2. The van der Waals surface area contributed by atoms with Gasteiger partial charge in [-0.25, -0.2) is 0 Å². The number of hydrogen-bond donors (Lipinski definition) is 1. The van der Waals surface area contributed by atoms with Crippen LogP contribution in [0.2, 0.25) is 0 Å². The molecule has 102 valence electrons. The van der Waals surface area contributed by atoms with Gasteiger partial charge < -0.3 is 10.1 Å². The van der Waals surface area contributed by atoms with E-state index in [0.717, 1.165) is 11.8 Å². The Morgan fingerprint density at radius 2 is 2.11 bits per heavy atom. The summed E-state index contributed by atoms with van der Waals surface area (Å²) in [7, 11) is 1.37. The average Bonchev–Trinajstić information content (AvgIpc) is 2.90. The predicted molar refractivity (Wildman–Crippen MR) is 67.8 cm³/mol. The number of rotatable bonds is 5. The zero-order chi connectivity index (χ0) is 13.1. The number of esters is 1. The number of methoxy groups -OCH3 is 1. The van der Waals surface area contributed by atoms with Crippen LogP contribution < -0.4 is 5.32 Å². The van der Waals surface area contributed by atoms with Crippen molar-refractivity contribution in [1.29, 1.82) is 0 Å². The summed E-state index contributed by atoms with van der Waals surface area (Å²) >= 11 is 0. The van der Waals surface area contributed by atoms with Gasteiger partial charge in [-0.1, -0.05) is 6.42 Å². The maximum Gasteiger partial charge on any atom is 0.307 e. The quantitative estimate of drug-likeness (QED) is 0.761. The van der Waals surface area contributed by atoms with Crippen LogP contribution in [-0.4, -0.2) is 25.0 Å². The van der Waals surface area contributed by atoms with E-state index in [0.29, 0.717) is 12.3 Å². The van der Waals surface area contributed by atoms with Crippen molar-refractivity contribution in [3.8, 4) is 0 Å². The fraction of sp³-hybridized carbons (Fsp3) is 0.857. The largest absolute Gasteiger partial charge is 0.469 e. The highest BCUT2D eigenvalue weighted by Crippen LogP contribution is 2.49. The van der Waals surface area contributed by atoms with Crippen molar-refractivity contribution in [2.24, 2.45) is 17.8 Å². The number of amides is 1. The zero-order valence-corrected chi connectivity index (χ0v) is 11.3. The van der Waals surface area contributed by atoms with E-state index < -0.39 is 0 Å². The normalized spacial score (nSPS) is 31.1. The summed E-state index contributed by atoms with van der Waals surface area (Å²) in [6.07, 6.45) is 6.10. The molecule has 2 aliphatic carbocycles. The van der Waals surface area contributed by atoms with Gasteiger partial charge in [0.1, 0.15) is 0 Å². The maximum atomic E-state index is 11.9. The third kappa shape index (κ3) is 3.24. The first kappa shape index (κ1) is 13.4. The Morgan fingerprint density at radius 3 is 2.67 bits per heavy atom. The topological polar surface area (TPSA) is 55.4 Å². The van der Waals surface area contributed by atoms with Crippen LogP contribution in [0, 0.1) is 17.8 Å². The lowest BCUT2D eigenvalue weighted by Crippen LogP contribution is -2.36. The second-order valence-electron chi connectivity index (χ2n) is 5.89. The summed E-state index contributed by atoms with van der Waals surface area (Å²) in [5, 5.41) is 2.89. The Hall–Kier alpha value is -1.06. The summed E-state index contributed by atoms with van der Waals surface area (Å²) in [4.78, 5) is 23.0. The molecule has 2 saturated carbocycles. The average molecular weight is 253 g/mol. The SMILES string of the molecule is COC(=O)CC(C)NC(=O)CC1CC2CCC1C2. The summed E-state index contributed by atoms with van der Waals surface area (Å²) in [5.41, 5.74) is 0. The van der Waals surface area contributed by atoms with Gasteiger partial charge in [-0.2, -0.15) is 0 Å². The molecule has 0 radical (unpaired) electrons. The van der Waals surface area contributed by atoms with Crippen LogP contribution in [0.4, 0.5) is 0 Å². The fourth-order valence-corrected chi connectivity index (χ4v) is 3.58. The standard InChI is InChI=1S/C14H23NO3/c1-9(5-14(17)18-2)15-13(16)8-12-7-10-3-4-11(12)6-10/h9-12H,3-8H2,1-2H3,(H,15,16). The van der Waals surface area contributed by atoms with E-state index in [1.807, 2.05) is 6.92 Å². The van der Waals surface area contributed by atoms with Crippen LogP contribution in [0.1, 0.15) is 45.4 Å². The second kappa shape index (κ2) is 5.72. The van der Waals surface area contributed by atoms with Crippen LogP contribution in [0.15, 0.2) is 0 Å². The molecule has 2 rings (SSSR count). The van der Waals surface area contributed by atoms with E-state index in [4.69, 9.17) is 0 Å². The third-order valence-electron chi connectivity index (χ3n) is 4.44. The molecule has 1 amide bonds. The lowest BCUT2D eigenvalue weighted by Gasteiger charge is -2.22. The summed E-state index contributed by atoms with van der Waals surface area (Å²) < 4.78 is 4.59. The molecule has 2 bridgehead atoms. The van der Waals surface area contributed by atoms with Gasteiger partial charge in [-0.05, 0) is 43.9 Å². The monoisotopic (exact) mass is 253 g/mol. The second-order valence-corrected chi connectivity index (χ2v) is 5.89. The molecule has 0 aliphatic heterocycles. The van der Waals surface area contributed by atoms with Gasteiger partial charge in [0.15, 0.2) is 0 Å². The van der Waals surface area contributed by atoms with Crippen molar-refractivity contribution in [3.63, 3.8) is 0 Å². The van der Waals surface area contributed by atoms with Crippen molar-refractivity contribution in [3.05, 3.63) is 0 Å². The molecule has 4 unspecified atom stereocenters. The molecule has 1 N–H and O–H groups in total. The van der Waals surface area contributed by atoms with E-state index in [2.05, 4.69) is 10.1 Å². The number of hydrogen-bond acceptors (Lipinski definition) is 3. The molecular formula is C14H23NO3. The van der Waals surface area contributed by atoms with Crippen LogP contribution in [0.25, 0.3) is 0 Å². The number of nitrogens with one attached hydrogen (secondary N) is 1.